The second-order valence-electron chi connectivity index (χ2n) is 15.8. The molecular weight excluding hydrogens is 721 g/mol. The van der Waals surface area contributed by atoms with Crippen molar-refractivity contribution in [1.29, 1.82) is 0 Å². The van der Waals surface area contributed by atoms with Crippen LogP contribution in [0.3, 0.4) is 0 Å². The molecule has 55 heavy (non-hydrogen) atoms. The molecule has 3 aliphatic heterocycles. The number of hydrogen-bond acceptors (Lipinski definition) is 9. The van der Waals surface area contributed by atoms with E-state index in [0.717, 1.165) is 40.9 Å². The van der Waals surface area contributed by atoms with Crippen molar-refractivity contribution >= 4 is 38.6 Å². The molecule has 8 rings (SSSR count). The summed E-state index contributed by atoms with van der Waals surface area (Å²) in [6.07, 6.45) is 8.82. The number of β-amino-alcohol motifs (C(OH)–C–C–N with tert-alkyl or cyclic N) is 1. The van der Waals surface area contributed by atoms with E-state index in [0.29, 0.717) is 61.4 Å². The highest BCUT2D eigenvalue weighted by atomic mass is 32.2. The third-order valence-electron chi connectivity index (χ3n) is 11.8. The van der Waals surface area contributed by atoms with E-state index in [4.69, 9.17) is 14.5 Å². The van der Waals surface area contributed by atoms with Gasteiger partial charge in [0.25, 0.3) is 5.91 Å². The number of pyridine rings is 1. The van der Waals surface area contributed by atoms with Crippen LogP contribution in [0.15, 0.2) is 66.7 Å². The molecule has 2 aliphatic carbocycles. The average Bonchev–Trinajstić information content (AvgIpc) is 4.10. The van der Waals surface area contributed by atoms with Gasteiger partial charge in [0.2, 0.25) is 21.8 Å². The van der Waals surface area contributed by atoms with E-state index in [1.165, 1.54) is 4.90 Å². The van der Waals surface area contributed by atoms with Gasteiger partial charge in [0, 0.05) is 60.8 Å². The van der Waals surface area contributed by atoms with Crippen LogP contribution in [0.1, 0.15) is 70.6 Å². The lowest BCUT2D eigenvalue weighted by molar-refractivity contribution is -0.146. The number of carbonyl (C=O) groups is 3. The smallest absolute Gasteiger partial charge is 0.259 e. The minimum absolute atomic E-state index is 0.0412. The zero-order valence-electron chi connectivity index (χ0n) is 31.3. The second kappa shape index (κ2) is 15.6. The number of methoxy groups -OCH3 is 1. The molecule has 1 aromatic heterocycles. The number of allylic oxidation sites excluding steroid dienone is 1. The first-order valence-corrected chi connectivity index (χ1v) is 21.3. The Hall–Kier alpha value is -4.49. The number of fused-ring (bicyclic) bond motifs is 3. The molecule has 2 saturated heterocycles. The average molecular weight is 771 g/mol. The first kappa shape index (κ1) is 37.4. The van der Waals surface area contributed by atoms with E-state index in [1.807, 2.05) is 54.6 Å². The highest BCUT2D eigenvalue weighted by Gasteiger charge is 2.56. The Balaban J connectivity index is 1.15. The predicted molar refractivity (Wildman–Crippen MR) is 206 cm³/mol. The van der Waals surface area contributed by atoms with E-state index >= 15 is 0 Å². The van der Waals surface area contributed by atoms with Crippen LogP contribution in [-0.2, 0) is 24.4 Å². The van der Waals surface area contributed by atoms with Crippen LogP contribution in [0.25, 0.3) is 22.2 Å². The number of ether oxygens (including phenoxy) is 2. The number of amides is 3. The Bertz CT molecular complexity index is 2070. The first-order chi connectivity index (χ1) is 26.6. The Morgan fingerprint density at radius 3 is 2.51 bits per heavy atom. The van der Waals surface area contributed by atoms with Crippen molar-refractivity contribution in [2.45, 2.75) is 100 Å². The minimum Gasteiger partial charge on any atom is -0.497 e. The summed E-state index contributed by atoms with van der Waals surface area (Å²) in [6, 6.07) is 15.5. The van der Waals surface area contributed by atoms with Gasteiger partial charge in [-0.15, -0.1) is 0 Å². The summed E-state index contributed by atoms with van der Waals surface area (Å²) in [7, 11) is -2.35. The molecule has 3 amide bonds. The van der Waals surface area contributed by atoms with E-state index in [1.54, 1.807) is 12.0 Å². The lowest BCUT2D eigenvalue weighted by Crippen LogP contribution is -2.53. The van der Waals surface area contributed by atoms with Crippen LogP contribution in [0.2, 0.25) is 0 Å². The molecule has 3 aromatic rings. The number of aromatic nitrogens is 1. The number of hydrogen-bond donors (Lipinski definition) is 1. The molecule has 13 heteroatoms. The lowest BCUT2D eigenvalue weighted by Gasteiger charge is -2.32. The van der Waals surface area contributed by atoms with Crippen molar-refractivity contribution in [3.63, 3.8) is 0 Å². The summed E-state index contributed by atoms with van der Waals surface area (Å²) in [4.78, 5) is 51.3. The summed E-state index contributed by atoms with van der Waals surface area (Å²) in [5.74, 6) is -0.739. The molecule has 1 N–H and O–H groups in total. The molecular formula is C42H50N4O8S. The Morgan fingerprint density at radius 1 is 0.945 bits per heavy atom. The zero-order chi connectivity index (χ0) is 38.3. The van der Waals surface area contributed by atoms with Gasteiger partial charge in [0.1, 0.15) is 23.6 Å². The summed E-state index contributed by atoms with van der Waals surface area (Å²) in [5.41, 5.74) is 2.21. The third-order valence-corrected chi connectivity index (χ3v) is 14.1. The second-order valence-corrected chi connectivity index (χ2v) is 17.9. The number of nitrogens with zero attached hydrogens (tertiary/aromatic N) is 4. The van der Waals surface area contributed by atoms with Crippen LogP contribution in [0, 0.1) is 11.8 Å². The quantitative estimate of drug-likeness (QED) is 0.310. The standard InChI is InChI=1S/C42H50N4O8S/c1-53-31-14-17-34-36(22-31)43-35(27-10-8-5-9-11-27)24-39(34)54-32-23-38-42(50)46(55(51,52)33-15-16-33)37-20-28(37)12-6-3-2-4-7-13-29(41(49)45(38)26-32)21-40(48)44-19-18-30(47)25-44/h5-6,8-12,14,17,22,24,28-30,32-33,37-38,47H,2-4,7,13,15-16,18-21,23,25-26H2,1H3/t28?,29?,30-,32?,37?,38?/m0/s1. The van der Waals surface area contributed by atoms with Gasteiger partial charge in [-0.3, -0.25) is 14.4 Å². The third kappa shape index (κ3) is 7.96. The lowest BCUT2D eigenvalue weighted by atomic mass is 9.94. The van der Waals surface area contributed by atoms with E-state index in [-0.39, 0.29) is 43.7 Å². The summed E-state index contributed by atoms with van der Waals surface area (Å²) in [6.45, 7) is 0.718. The number of likely N-dealkylation sites (tertiary alicyclic amines) is 1. The van der Waals surface area contributed by atoms with Crippen molar-refractivity contribution in [3.05, 3.63) is 66.7 Å². The van der Waals surface area contributed by atoms with Crippen LogP contribution in [-0.4, -0.2) is 107 Å². The molecule has 0 radical (unpaired) electrons. The number of carbonyl (C=O) groups excluding carboxylic acids is 3. The van der Waals surface area contributed by atoms with E-state index in [9.17, 15) is 27.9 Å². The Morgan fingerprint density at radius 2 is 1.76 bits per heavy atom. The maximum Gasteiger partial charge on any atom is 0.259 e. The van der Waals surface area contributed by atoms with Crippen molar-refractivity contribution < 1.29 is 37.4 Å². The molecule has 4 heterocycles. The van der Waals surface area contributed by atoms with Crippen molar-refractivity contribution in [1.82, 2.24) is 19.1 Å². The zero-order valence-corrected chi connectivity index (χ0v) is 32.1. The topological polar surface area (TPSA) is 147 Å². The SMILES string of the molecule is COc1ccc2c(OC3CC4C(=O)N(S(=O)(=O)C5CC5)C5CC5C=CCCCCCC(CC(=O)N5CC[C@H](O)C5)C(=O)N4C3)cc(-c3ccccc3)nc2c1. The Kier molecular flexibility index (Phi) is 10.6. The highest BCUT2D eigenvalue weighted by molar-refractivity contribution is 7.90. The molecule has 6 atom stereocenters. The fraction of sp³-hybridized carbons (Fsp3) is 0.524. The van der Waals surface area contributed by atoms with Crippen LogP contribution in [0.4, 0.5) is 0 Å². The fourth-order valence-corrected chi connectivity index (χ4v) is 10.5. The summed E-state index contributed by atoms with van der Waals surface area (Å²) < 4.78 is 41.5. The van der Waals surface area contributed by atoms with Gasteiger partial charge in [0.15, 0.2) is 0 Å². The Labute approximate surface area is 322 Å². The van der Waals surface area contributed by atoms with Crippen molar-refractivity contribution in [2.75, 3.05) is 26.7 Å². The summed E-state index contributed by atoms with van der Waals surface area (Å²) in [5, 5.41) is 10.3. The van der Waals surface area contributed by atoms with Crippen molar-refractivity contribution in [3.8, 4) is 22.8 Å². The predicted octanol–water partition coefficient (Wildman–Crippen LogP) is 5.09. The van der Waals surface area contributed by atoms with Gasteiger partial charge in [-0.1, -0.05) is 55.3 Å². The first-order valence-electron chi connectivity index (χ1n) is 19.8. The van der Waals surface area contributed by atoms with E-state index in [2.05, 4.69) is 12.2 Å². The molecule has 4 fully saturated rings. The van der Waals surface area contributed by atoms with E-state index < -0.39 is 51.4 Å². The largest absolute Gasteiger partial charge is 0.497 e. The van der Waals surface area contributed by atoms with Gasteiger partial charge in [-0.05, 0) is 57.1 Å². The minimum atomic E-state index is -3.94. The number of aliphatic hydroxyl groups excluding tert-OH is 1. The summed E-state index contributed by atoms with van der Waals surface area (Å²) >= 11 is 0. The maximum absolute atomic E-state index is 14.9. The molecule has 0 spiro atoms. The molecule has 2 saturated carbocycles. The monoisotopic (exact) mass is 770 g/mol. The van der Waals surface area contributed by atoms with Crippen LogP contribution < -0.4 is 9.47 Å². The highest BCUT2D eigenvalue weighted by Crippen LogP contribution is 2.44. The van der Waals surface area contributed by atoms with Gasteiger partial charge >= 0.3 is 0 Å². The number of rotatable bonds is 8. The molecule has 5 unspecified atom stereocenters. The molecule has 12 nitrogen and oxygen atoms in total. The van der Waals surface area contributed by atoms with Gasteiger partial charge in [-0.2, -0.15) is 0 Å². The normalized spacial score (nSPS) is 27.7. The number of aliphatic hydroxyl groups is 1. The maximum atomic E-state index is 14.9. The van der Waals surface area contributed by atoms with Crippen LogP contribution in [0.5, 0.6) is 11.5 Å². The van der Waals surface area contributed by atoms with Crippen molar-refractivity contribution in [2.24, 2.45) is 11.8 Å². The molecule has 292 valence electrons. The van der Waals surface area contributed by atoms with Gasteiger partial charge in [-0.25, -0.2) is 17.7 Å². The van der Waals surface area contributed by atoms with Crippen LogP contribution >= 0.6 is 0 Å². The molecule has 2 aromatic carbocycles. The fourth-order valence-electron chi connectivity index (χ4n) is 8.48. The molecule has 0 bridgehead atoms. The number of benzene rings is 2. The number of sulfonamides is 1. The molecule has 5 aliphatic rings. The van der Waals surface area contributed by atoms with Gasteiger partial charge in [0.05, 0.1) is 42.3 Å². The van der Waals surface area contributed by atoms with Gasteiger partial charge < -0.3 is 24.4 Å².